The third-order valence-corrected chi connectivity index (χ3v) is 7.79. The lowest BCUT2D eigenvalue weighted by Gasteiger charge is -2.20. The second-order valence-corrected chi connectivity index (χ2v) is 10.5. The third kappa shape index (κ3) is 6.38. The molecule has 4 rings (SSSR count). The number of thiazole rings is 1. The molecule has 0 saturated heterocycles. The van der Waals surface area contributed by atoms with Crippen LogP contribution in [-0.2, 0) is 11.3 Å². The van der Waals surface area contributed by atoms with Crippen molar-refractivity contribution in [3.8, 4) is 11.3 Å². The minimum Gasteiger partial charge on any atom is -0.302 e. The summed E-state index contributed by atoms with van der Waals surface area (Å²) in [5.41, 5.74) is 2.34. The first-order chi connectivity index (χ1) is 17.0. The number of hydrogen-bond acceptors (Lipinski definition) is 7. The number of benzene rings is 2. The van der Waals surface area contributed by atoms with Crippen molar-refractivity contribution in [2.75, 3.05) is 30.7 Å². The maximum Gasteiger partial charge on any atom is 0.262 e. The standard InChI is InChI=1S/C25H26BrN5O2S2/c1-3-30(4-2)12-13-31-23(33)19-10-5-6-11-20(19)28-25(31)35-16-22(32)29-24-27-21(15-34-24)17-8-7-9-18(26)14-17/h5-11,14-15H,3-4,12-13,16H2,1-2H3,(H,27,29,32). The van der Waals surface area contributed by atoms with E-state index >= 15 is 0 Å². The molecular weight excluding hydrogens is 546 g/mol. The highest BCUT2D eigenvalue weighted by atomic mass is 79.9. The molecule has 0 aliphatic rings. The van der Waals surface area contributed by atoms with Gasteiger partial charge in [0.05, 0.1) is 22.3 Å². The molecule has 0 aliphatic heterocycles. The number of aromatic nitrogens is 3. The second-order valence-electron chi connectivity index (χ2n) is 7.78. The molecule has 2 heterocycles. The quantitative estimate of drug-likeness (QED) is 0.204. The van der Waals surface area contributed by atoms with E-state index in [0.717, 1.165) is 35.4 Å². The van der Waals surface area contributed by atoms with Crippen LogP contribution in [0.5, 0.6) is 0 Å². The van der Waals surface area contributed by atoms with Crippen LogP contribution in [0.4, 0.5) is 5.13 Å². The molecule has 0 bridgehead atoms. The zero-order valence-electron chi connectivity index (χ0n) is 19.5. The van der Waals surface area contributed by atoms with Gasteiger partial charge < -0.3 is 10.2 Å². The van der Waals surface area contributed by atoms with Crippen molar-refractivity contribution in [3.05, 3.63) is 68.7 Å². The van der Waals surface area contributed by atoms with Crippen LogP contribution in [0.25, 0.3) is 22.2 Å². The molecular formula is C25H26BrN5O2S2. The van der Waals surface area contributed by atoms with E-state index < -0.39 is 0 Å². The Morgan fingerprint density at radius 2 is 1.94 bits per heavy atom. The molecule has 0 spiro atoms. The number of thioether (sulfide) groups is 1. The topological polar surface area (TPSA) is 80.1 Å². The maximum absolute atomic E-state index is 13.2. The minimum absolute atomic E-state index is 0.0794. The van der Waals surface area contributed by atoms with Gasteiger partial charge in [0.15, 0.2) is 10.3 Å². The summed E-state index contributed by atoms with van der Waals surface area (Å²) in [5.74, 6) is -0.0650. The highest BCUT2D eigenvalue weighted by Crippen LogP contribution is 2.27. The number of anilines is 1. The Hall–Kier alpha value is -2.53. The number of likely N-dealkylation sites (N-methyl/N-ethyl adjacent to an activating group) is 1. The predicted molar refractivity (Wildman–Crippen MR) is 148 cm³/mol. The van der Waals surface area contributed by atoms with Crippen LogP contribution < -0.4 is 10.9 Å². The number of halogens is 1. The Morgan fingerprint density at radius 3 is 2.71 bits per heavy atom. The normalized spacial score (nSPS) is 11.3. The fraction of sp³-hybridized carbons (Fsp3) is 0.280. The number of fused-ring (bicyclic) bond motifs is 1. The summed E-state index contributed by atoms with van der Waals surface area (Å²) in [5, 5.41) is 6.46. The molecule has 0 aliphatic carbocycles. The van der Waals surface area contributed by atoms with Gasteiger partial charge in [-0.3, -0.25) is 14.2 Å². The molecule has 182 valence electrons. The van der Waals surface area contributed by atoms with Crippen molar-refractivity contribution in [1.82, 2.24) is 19.4 Å². The van der Waals surface area contributed by atoms with E-state index in [-0.39, 0.29) is 17.2 Å². The van der Waals surface area contributed by atoms with Gasteiger partial charge in [-0.2, -0.15) is 0 Å². The summed E-state index contributed by atoms with van der Waals surface area (Å²) in [6, 6.07) is 15.2. The van der Waals surface area contributed by atoms with E-state index in [1.54, 1.807) is 10.6 Å². The Balaban J connectivity index is 1.48. The molecule has 2 aromatic carbocycles. The predicted octanol–water partition coefficient (Wildman–Crippen LogP) is 5.36. The number of hydrogen-bond donors (Lipinski definition) is 1. The van der Waals surface area contributed by atoms with Crippen LogP contribution in [0.2, 0.25) is 0 Å². The smallest absolute Gasteiger partial charge is 0.262 e. The van der Waals surface area contributed by atoms with Crippen LogP contribution >= 0.6 is 39.0 Å². The molecule has 1 amide bonds. The molecule has 4 aromatic rings. The van der Waals surface area contributed by atoms with Gasteiger partial charge in [0, 0.05) is 28.5 Å². The molecule has 0 radical (unpaired) electrons. The summed E-state index contributed by atoms with van der Waals surface area (Å²) in [6.07, 6.45) is 0. The highest BCUT2D eigenvalue weighted by molar-refractivity contribution is 9.10. The van der Waals surface area contributed by atoms with Gasteiger partial charge in [-0.25, -0.2) is 9.97 Å². The molecule has 1 N–H and O–H groups in total. The summed E-state index contributed by atoms with van der Waals surface area (Å²) < 4.78 is 2.66. The maximum atomic E-state index is 13.2. The fourth-order valence-corrected chi connectivity index (χ4v) is 5.59. The molecule has 0 unspecified atom stereocenters. The molecule has 0 atom stereocenters. The van der Waals surface area contributed by atoms with Crippen molar-refractivity contribution >= 4 is 61.0 Å². The number of nitrogens with one attached hydrogen (secondary N) is 1. The molecule has 7 nitrogen and oxygen atoms in total. The van der Waals surface area contributed by atoms with Gasteiger partial charge in [-0.15, -0.1) is 11.3 Å². The van der Waals surface area contributed by atoms with Gasteiger partial charge in [-0.1, -0.05) is 65.8 Å². The van der Waals surface area contributed by atoms with Crippen molar-refractivity contribution in [3.63, 3.8) is 0 Å². The van der Waals surface area contributed by atoms with Gasteiger partial charge >= 0.3 is 0 Å². The number of nitrogens with zero attached hydrogens (tertiary/aromatic N) is 4. The van der Waals surface area contributed by atoms with Crippen LogP contribution in [0.1, 0.15) is 13.8 Å². The molecule has 0 saturated carbocycles. The van der Waals surface area contributed by atoms with Crippen LogP contribution in [0.15, 0.2) is 68.3 Å². The second kappa shape index (κ2) is 11.9. The highest BCUT2D eigenvalue weighted by Gasteiger charge is 2.15. The van der Waals surface area contributed by atoms with E-state index in [0.29, 0.717) is 27.7 Å². The van der Waals surface area contributed by atoms with Crippen molar-refractivity contribution < 1.29 is 4.79 Å². The van der Waals surface area contributed by atoms with Gasteiger partial charge in [0.2, 0.25) is 5.91 Å². The monoisotopic (exact) mass is 571 g/mol. The van der Waals surface area contributed by atoms with Crippen molar-refractivity contribution in [2.24, 2.45) is 0 Å². The summed E-state index contributed by atoms with van der Waals surface area (Å²) in [4.78, 5) is 37.4. The van der Waals surface area contributed by atoms with Gasteiger partial charge in [-0.05, 0) is 37.4 Å². The Morgan fingerprint density at radius 1 is 1.14 bits per heavy atom. The lowest BCUT2D eigenvalue weighted by Crippen LogP contribution is -2.32. The summed E-state index contributed by atoms with van der Waals surface area (Å²) >= 11 is 6.12. The third-order valence-electron chi connectivity index (χ3n) is 5.56. The number of para-hydroxylation sites is 1. The molecule has 35 heavy (non-hydrogen) atoms. The Bertz CT molecular complexity index is 1380. The summed E-state index contributed by atoms with van der Waals surface area (Å²) in [6.45, 7) is 7.28. The van der Waals surface area contributed by atoms with Gasteiger partial charge in [0.1, 0.15) is 0 Å². The Kier molecular flexibility index (Phi) is 8.72. The molecule has 2 aromatic heterocycles. The van der Waals surface area contributed by atoms with E-state index in [4.69, 9.17) is 4.98 Å². The van der Waals surface area contributed by atoms with Crippen molar-refractivity contribution in [2.45, 2.75) is 25.5 Å². The van der Waals surface area contributed by atoms with Crippen LogP contribution in [0.3, 0.4) is 0 Å². The lowest BCUT2D eigenvalue weighted by atomic mass is 10.2. The zero-order chi connectivity index (χ0) is 24.8. The number of carbonyl (C=O) groups is 1. The Labute approximate surface area is 220 Å². The minimum atomic E-state index is -0.192. The lowest BCUT2D eigenvalue weighted by molar-refractivity contribution is -0.113. The first-order valence-corrected chi connectivity index (χ1v) is 14.0. The number of carbonyl (C=O) groups excluding carboxylic acids is 1. The SMILES string of the molecule is CCN(CC)CCn1c(SCC(=O)Nc2nc(-c3cccc(Br)c3)cs2)nc2ccccc2c1=O. The molecule has 10 heteroatoms. The first kappa shape index (κ1) is 25.6. The fourth-order valence-electron chi connectivity index (χ4n) is 3.63. The van der Waals surface area contributed by atoms with Crippen molar-refractivity contribution in [1.29, 1.82) is 0 Å². The van der Waals surface area contributed by atoms with E-state index in [2.05, 4.69) is 45.0 Å². The van der Waals surface area contributed by atoms with Crippen LogP contribution in [-0.4, -0.2) is 50.7 Å². The average Bonchev–Trinajstić information content (AvgIpc) is 3.33. The first-order valence-electron chi connectivity index (χ1n) is 11.3. The average molecular weight is 573 g/mol. The van der Waals surface area contributed by atoms with E-state index in [1.807, 2.05) is 47.8 Å². The van der Waals surface area contributed by atoms with Gasteiger partial charge in [0.25, 0.3) is 5.56 Å². The summed E-state index contributed by atoms with van der Waals surface area (Å²) in [7, 11) is 0. The van der Waals surface area contributed by atoms with E-state index in [9.17, 15) is 9.59 Å². The number of amides is 1. The largest absolute Gasteiger partial charge is 0.302 e. The number of rotatable bonds is 10. The van der Waals surface area contributed by atoms with Crippen LogP contribution in [0, 0.1) is 0 Å². The van der Waals surface area contributed by atoms with E-state index in [1.165, 1.54) is 23.1 Å². The molecule has 0 fully saturated rings. The zero-order valence-corrected chi connectivity index (χ0v) is 22.8.